The second-order valence-electron chi connectivity index (χ2n) is 8.36. The van der Waals surface area contributed by atoms with Gasteiger partial charge in [-0.2, -0.15) is 4.98 Å². The zero-order valence-electron chi connectivity index (χ0n) is 18.1. The summed E-state index contributed by atoms with van der Waals surface area (Å²) in [7, 11) is 3.52. The van der Waals surface area contributed by atoms with E-state index in [2.05, 4.69) is 39.2 Å². The Balaban J connectivity index is 1.35. The molecule has 7 nitrogen and oxygen atoms in total. The molecule has 1 aliphatic heterocycles. The average molecular weight is 400 g/mol. The van der Waals surface area contributed by atoms with Gasteiger partial charge in [-0.15, -0.1) is 0 Å². The number of nitrogens with zero attached hydrogens (tertiary/aromatic N) is 4. The van der Waals surface area contributed by atoms with Crippen LogP contribution in [-0.4, -0.2) is 54.8 Å². The third-order valence-electron chi connectivity index (χ3n) is 5.36. The first-order chi connectivity index (χ1) is 14.0. The van der Waals surface area contributed by atoms with Crippen molar-refractivity contribution in [3.63, 3.8) is 0 Å². The fourth-order valence-corrected chi connectivity index (χ4v) is 3.62. The van der Waals surface area contributed by atoms with Crippen LogP contribution in [0, 0.1) is 5.41 Å². The molecule has 0 radical (unpaired) electrons. The minimum Gasteiger partial charge on any atom is -0.497 e. The number of hydrogen-bond acceptors (Lipinski definition) is 5. The number of aromatic nitrogens is 2. The van der Waals surface area contributed by atoms with Gasteiger partial charge in [0.05, 0.1) is 7.11 Å². The molecule has 2 heterocycles. The Morgan fingerprint density at radius 2 is 2.03 bits per heavy atom. The Labute approximate surface area is 173 Å². The molecule has 0 unspecified atom stereocenters. The summed E-state index contributed by atoms with van der Waals surface area (Å²) in [5, 5.41) is 7.58. The van der Waals surface area contributed by atoms with Gasteiger partial charge >= 0.3 is 0 Å². The number of ether oxygens (including phenoxy) is 1. The molecular formula is C22H33N5O2. The number of benzene rings is 1. The van der Waals surface area contributed by atoms with Crippen LogP contribution in [0.5, 0.6) is 5.75 Å². The number of unbranched alkanes of at least 4 members (excludes halogenated alkanes) is 2. The first-order valence-corrected chi connectivity index (χ1v) is 10.4. The van der Waals surface area contributed by atoms with Crippen LogP contribution in [0.3, 0.4) is 0 Å². The Hall–Kier alpha value is -2.57. The topological polar surface area (TPSA) is 75.8 Å². The third-order valence-corrected chi connectivity index (χ3v) is 5.36. The second-order valence-corrected chi connectivity index (χ2v) is 8.36. The molecule has 1 N–H and O–H groups in total. The van der Waals surface area contributed by atoms with Crippen molar-refractivity contribution in [2.75, 3.05) is 33.8 Å². The molecular weight excluding hydrogens is 366 g/mol. The molecule has 29 heavy (non-hydrogen) atoms. The highest BCUT2D eigenvalue weighted by Crippen LogP contribution is 2.28. The summed E-state index contributed by atoms with van der Waals surface area (Å²) in [4.78, 5) is 11.3. The zero-order valence-corrected chi connectivity index (χ0v) is 18.1. The SMILES string of the molecule is CN=C(NCCCCCc1nc(-c2ccc(OC)cc2)no1)N1CCC(C)(C)C1. The van der Waals surface area contributed by atoms with Gasteiger partial charge in [-0.3, -0.25) is 4.99 Å². The molecule has 0 atom stereocenters. The van der Waals surface area contributed by atoms with Gasteiger partial charge in [0, 0.05) is 38.7 Å². The molecule has 1 aliphatic rings. The van der Waals surface area contributed by atoms with Gasteiger partial charge in [-0.05, 0) is 48.9 Å². The molecule has 1 saturated heterocycles. The van der Waals surface area contributed by atoms with Crippen molar-refractivity contribution < 1.29 is 9.26 Å². The van der Waals surface area contributed by atoms with E-state index in [1.165, 1.54) is 6.42 Å². The summed E-state index contributed by atoms with van der Waals surface area (Å²) in [6.45, 7) is 7.72. The lowest BCUT2D eigenvalue weighted by molar-refractivity contribution is 0.369. The van der Waals surface area contributed by atoms with E-state index in [-0.39, 0.29) is 0 Å². The van der Waals surface area contributed by atoms with Crippen LogP contribution in [0.4, 0.5) is 0 Å². The number of aliphatic imine (C=N–C) groups is 1. The van der Waals surface area contributed by atoms with Crippen LogP contribution in [0.2, 0.25) is 0 Å². The molecule has 158 valence electrons. The van der Waals surface area contributed by atoms with Gasteiger partial charge in [-0.1, -0.05) is 25.4 Å². The smallest absolute Gasteiger partial charge is 0.226 e. The number of rotatable bonds is 8. The normalized spacial score (nSPS) is 16.3. The standard InChI is InChI=1S/C22H33N5O2/c1-22(2)13-15-27(16-22)21(23-3)24-14-7-5-6-8-19-25-20(26-29-19)17-9-11-18(28-4)12-10-17/h9-12H,5-8,13-16H2,1-4H3,(H,23,24). The minimum atomic E-state index is 0.381. The minimum absolute atomic E-state index is 0.381. The maximum atomic E-state index is 5.39. The van der Waals surface area contributed by atoms with E-state index in [0.717, 1.165) is 62.6 Å². The predicted octanol–water partition coefficient (Wildman–Crippen LogP) is 3.77. The summed E-state index contributed by atoms with van der Waals surface area (Å²) >= 11 is 0. The quantitative estimate of drug-likeness (QED) is 0.414. The van der Waals surface area contributed by atoms with Gasteiger partial charge < -0.3 is 19.5 Å². The van der Waals surface area contributed by atoms with E-state index in [0.29, 0.717) is 17.1 Å². The number of hydrogen-bond donors (Lipinski definition) is 1. The van der Waals surface area contributed by atoms with Crippen LogP contribution in [0.1, 0.15) is 45.4 Å². The number of methoxy groups -OCH3 is 1. The van der Waals surface area contributed by atoms with E-state index < -0.39 is 0 Å². The molecule has 0 amide bonds. The van der Waals surface area contributed by atoms with Crippen molar-refractivity contribution in [1.82, 2.24) is 20.4 Å². The van der Waals surface area contributed by atoms with E-state index in [1.807, 2.05) is 31.3 Å². The van der Waals surface area contributed by atoms with E-state index in [4.69, 9.17) is 9.26 Å². The number of guanidine groups is 1. The molecule has 1 fully saturated rings. The fourth-order valence-electron chi connectivity index (χ4n) is 3.62. The number of aryl methyl sites for hydroxylation is 1. The Bertz CT molecular complexity index is 798. The summed E-state index contributed by atoms with van der Waals surface area (Å²) in [6, 6.07) is 7.67. The van der Waals surface area contributed by atoms with Crippen molar-refractivity contribution in [2.24, 2.45) is 10.4 Å². The summed E-state index contributed by atoms with van der Waals surface area (Å²) < 4.78 is 10.6. The molecule has 7 heteroatoms. The molecule has 1 aromatic heterocycles. The molecule has 2 aromatic rings. The van der Waals surface area contributed by atoms with Gasteiger partial charge in [0.2, 0.25) is 11.7 Å². The third kappa shape index (κ3) is 5.95. The second kappa shape index (κ2) is 9.76. The zero-order chi connectivity index (χ0) is 20.7. The maximum absolute atomic E-state index is 5.39. The molecule has 0 aliphatic carbocycles. The molecule has 3 rings (SSSR count). The Kier molecular flexibility index (Phi) is 7.12. The largest absolute Gasteiger partial charge is 0.497 e. The lowest BCUT2D eigenvalue weighted by Gasteiger charge is -2.23. The van der Waals surface area contributed by atoms with Crippen molar-refractivity contribution in [1.29, 1.82) is 0 Å². The van der Waals surface area contributed by atoms with Crippen LogP contribution in [-0.2, 0) is 6.42 Å². The van der Waals surface area contributed by atoms with Crippen LogP contribution < -0.4 is 10.1 Å². The average Bonchev–Trinajstić information content (AvgIpc) is 3.34. The Morgan fingerprint density at radius 1 is 1.24 bits per heavy atom. The lowest BCUT2D eigenvalue weighted by Crippen LogP contribution is -2.41. The first kappa shape index (κ1) is 21.1. The van der Waals surface area contributed by atoms with Crippen LogP contribution >= 0.6 is 0 Å². The van der Waals surface area contributed by atoms with E-state index in [9.17, 15) is 0 Å². The summed E-state index contributed by atoms with van der Waals surface area (Å²) in [5.41, 5.74) is 1.31. The monoisotopic (exact) mass is 399 g/mol. The maximum Gasteiger partial charge on any atom is 0.226 e. The van der Waals surface area contributed by atoms with Gasteiger partial charge in [-0.25, -0.2) is 0 Å². The highest BCUT2D eigenvalue weighted by Gasteiger charge is 2.30. The summed E-state index contributed by atoms with van der Waals surface area (Å²) in [6.07, 6.45) is 5.25. The molecule has 1 aromatic carbocycles. The lowest BCUT2D eigenvalue weighted by atomic mass is 9.93. The van der Waals surface area contributed by atoms with E-state index >= 15 is 0 Å². The van der Waals surface area contributed by atoms with Crippen molar-refractivity contribution in [3.8, 4) is 17.1 Å². The highest BCUT2D eigenvalue weighted by atomic mass is 16.5. The van der Waals surface area contributed by atoms with E-state index in [1.54, 1.807) is 7.11 Å². The van der Waals surface area contributed by atoms with Crippen molar-refractivity contribution in [2.45, 2.75) is 46.0 Å². The van der Waals surface area contributed by atoms with Gasteiger partial charge in [0.25, 0.3) is 0 Å². The molecule has 0 saturated carbocycles. The van der Waals surface area contributed by atoms with Crippen molar-refractivity contribution in [3.05, 3.63) is 30.2 Å². The number of likely N-dealkylation sites (tertiary alicyclic amines) is 1. The fraction of sp³-hybridized carbons (Fsp3) is 0.591. The molecule has 0 spiro atoms. The first-order valence-electron chi connectivity index (χ1n) is 10.4. The van der Waals surface area contributed by atoms with Gasteiger partial charge in [0.1, 0.15) is 5.75 Å². The van der Waals surface area contributed by atoms with Gasteiger partial charge in [0.15, 0.2) is 5.96 Å². The number of nitrogens with one attached hydrogen (secondary N) is 1. The predicted molar refractivity (Wildman–Crippen MR) is 115 cm³/mol. The van der Waals surface area contributed by atoms with Crippen LogP contribution in [0.25, 0.3) is 11.4 Å². The summed E-state index contributed by atoms with van der Waals surface area (Å²) in [5.74, 6) is 3.16. The van der Waals surface area contributed by atoms with Crippen molar-refractivity contribution >= 4 is 5.96 Å². The highest BCUT2D eigenvalue weighted by molar-refractivity contribution is 5.80. The van der Waals surface area contributed by atoms with Crippen LogP contribution in [0.15, 0.2) is 33.8 Å². The Morgan fingerprint density at radius 3 is 2.69 bits per heavy atom. The molecule has 0 bridgehead atoms.